The molecule has 2 aromatic rings. The molecule has 3 amide bonds. The normalized spacial score (nSPS) is 20.3. The Hall–Kier alpha value is -2.57. The lowest BCUT2D eigenvalue weighted by Gasteiger charge is -2.39. The Balaban J connectivity index is 1.41. The maximum atomic E-state index is 13.6. The number of carbonyl (C=O) groups excluding carboxylic acids is 2. The number of halogens is 1. The van der Waals surface area contributed by atoms with Crippen LogP contribution in [0.3, 0.4) is 0 Å². The summed E-state index contributed by atoms with van der Waals surface area (Å²) < 4.78 is 5.91. The average Bonchev–Trinajstić information content (AvgIpc) is 3.28. The van der Waals surface area contributed by atoms with E-state index in [4.69, 9.17) is 16.3 Å². The number of hydrogen-bond acceptors (Lipinski definition) is 3. The second kappa shape index (κ2) is 9.71. The van der Waals surface area contributed by atoms with Gasteiger partial charge in [0.15, 0.2) is 0 Å². The molecule has 1 saturated carbocycles. The third-order valence-electron chi connectivity index (χ3n) is 6.11. The zero-order valence-corrected chi connectivity index (χ0v) is 18.2. The van der Waals surface area contributed by atoms with Gasteiger partial charge in [0.25, 0.3) is 0 Å². The van der Waals surface area contributed by atoms with Gasteiger partial charge in [-0.25, -0.2) is 4.79 Å². The Morgan fingerprint density at radius 2 is 1.77 bits per heavy atom. The molecule has 0 aromatic heterocycles. The summed E-state index contributed by atoms with van der Waals surface area (Å²) in [5, 5.41) is 6.58. The summed E-state index contributed by atoms with van der Waals surface area (Å²) >= 11 is 6.00. The molecule has 7 heteroatoms. The molecule has 0 spiro atoms. The number of hydrogen-bond donors (Lipinski definition) is 2. The SMILES string of the molecule is O=C(NCc1ccccc1)NC1(C(=O)N2CCO[C@@H](c3ccc(Cl)cc3)C2)CCCC1. The predicted octanol–water partition coefficient (Wildman–Crippen LogP) is 4.05. The number of morpholine rings is 1. The van der Waals surface area contributed by atoms with Gasteiger partial charge >= 0.3 is 6.03 Å². The first kappa shape index (κ1) is 21.7. The van der Waals surface area contributed by atoms with Crippen molar-refractivity contribution in [3.63, 3.8) is 0 Å². The standard InChI is InChI=1S/C24H28ClN3O3/c25-20-10-8-19(9-11-20)21-17-28(14-15-31-21)22(29)24(12-4-5-13-24)27-23(30)26-16-18-6-2-1-3-7-18/h1-3,6-11,21H,4-5,12-17H2,(H2,26,27,30)/t21-/m1/s1. The van der Waals surface area contributed by atoms with Crippen LogP contribution < -0.4 is 10.6 Å². The van der Waals surface area contributed by atoms with Crippen LogP contribution in [0.5, 0.6) is 0 Å². The van der Waals surface area contributed by atoms with E-state index in [0.717, 1.165) is 24.0 Å². The van der Waals surface area contributed by atoms with E-state index in [1.165, 1.54) is 0 Å². The summed E-state index contributed by atoms with van der Waals surface area (Å²) in [4.78, 5) is 28.1. The van der Waals surface area contributed by atoms with Crippen molar-refractivity contribution in [1.29, 1.82) is 0 Å². The van der Waals surface area contributed by atoms with Crippen molar-refractivity contribution in [3.8, 4) is 0 Å². The smallest absolute Gasteiger partial charge is 0.315 e. The summed E-state index contributed by atoms with van der Waals surface area (Å²) in [6.45, 7) is 1.88. The van der Waals surface area contributed by atoms with Crippen molar-refractivity contribution >= 4 is 23.5 Å². The molecule has 1 aliphatic carbocycles. The van der Waals surface area contributed by atoms with Crippen LogP contribution in [0.2, 0.25) is 5.02 Å². The minimum absolute atomic E-state index is 0.0119. The Labute approximate surface area is 187 Å². The summed E-state index contributed by atoms with van der Waals surface area (Å²) in [6.07, 6.45) is 2.98. The van der Waals surface area contributed by atoms with E-state index in [1.54, 1.807) is 0 Å². The van der Waals surface area contributed by atoms with Crippen LogP contribution in [0.4, 0.5) is 4.79 Å². The Morgan fingerprint density at radius 3 is 2.48 bits per heavy atom. The van der Waals surface area contributed by atoms with Crippen LogP contribution in [0.1, 0.15) is 42.9 Å². The van der Waals surface area contributed by atoms with Crippen LogP contribution in [0, 0.1) is 0 Å². The molecule has 0 unspecified atom stereocenters. The molecule has 1 aliphatic heterocycles. The monoisotopic (exact) mass is 441 g/mol. The van der Waals surface area contributed by atoms with E-state index in [0.29, 0.717) is 44.1 Å². The van der Waals surface area contributed by atoms with Crippen LogP contribution in [-0.4, -0.2) is 42.1 Å². The highest BCUT2D eigenvalue weighted by molar-refractivity contribution is 6.30. The zero-order valence-electron chi connectivity index (χ0n) is 17.5. The van der Waals surface area contributed by atoms with Crippen LogP contribution in [-0.2, 0) is 16.1 Å². The van der Waals surface area contributed by atoms with Gasteiger partial charge in [0.1, 0.15) is 11.6 Å². The van der Waals surface area contributed by atoms with Crippen molar-refractivity contribution in [2.24, 2.45) is 0 Å². The molecule has 2 aliphatic rings. The molecule has 0 radical (unpaired) electrons. The van der Waals surface area contributed by atoms with Crippen molar-refractivity contribution < 1.29 is 14.3 Å². The summed E-state index contributed by atoms with van der Waals surface area (Å²) in [7, 11) is 0. The average molecular weight is 442 g/mol. The van der Waals surface area contributed by atoms with Gasteiger partial charge < -0.3 is 20.3 Å². The molecule has 2 N–H and O–H groups in total. The highest BCUT2D eigenvalue weighted by Gasteiger charge is 2.45. The fourth-order valence-corrected chi connectivity index (χ4v) is 4.55. The number of rotatable bonds is 5. The highest BCUT2D eigenvalue weighted by atomic mass is 35.5. The van der Waals surface area contributed by atoms with E-state index < -0.39 is 5.54 Å². The topological polar surface area (TPSA) is 70.7 Å². The van der Waals surface area contributed by atoms with Crippen LogP contribution >= 0.6 is 11.6 Å². The first-order chi connectivity index (χ1) is 15.1. The summed E-state index contributed by atoms with van der Waals surface area (Å²) in [6, 6.07) is 17.0. The van der Waals surface area contributed by atoms with E-state index >= 15 is 0 Å². The van der Waals surface area contributed by atoms with Gasteiger partial charge in [-0.1, -0.05) is 66.9 Å². The molecule has 1 heterocycles. The molecule has 31 heavy (non-hydrogen) atoms. The highest BCUT2D eigenvalue weighted by Crippen LogP contribution is 2.33. The lowest BCUT2D eigenvalue weighted by atomic mass is 9.94. The molecule has 2 fully saturated rings. The maximum Gasteiger partial charge on any atom is 0.315 e. The Morgan fingerprint density at radius 1 is 1.06 bits per heavy atom. The van der Waals surface area contributed by atoms with Crippen molar-refractivity contribution in [1.82, 2.24) is 15.5 Å². The fraction of sp³-hybridized carbons (Fsp3) is 0.417. The van der Waals surface area contributed by atoms with Crippen molar-refractivity contribution in [2.45, 2.75) is 43.9 Å². The van der Waals surface area contributed by atoms with E-state index in [9.17, 15) is 9.59 Å². The molecule has 2 aromatic carbocycles. The zero-order chi connectivity index (χ0) is 21.7. The van der Waals surface area contributed by atoms with E-state index in [2.05, 4.69) is 10.6 Å². The minimum atomic E-state index is -0.845. The Bertz CT molecular complexity index is 898. The summed E-state index contributed by atoms with van der Waals surface area (Å²) in [5.74, 6) is -0.0119. The first-order valence-electron chi connectivity index (χ1n) is 10.8. The van der Waals surface area contributed by atoms with Crippen molar-refractivity contribution in [3.05, 3.63) is 70.7 Å². The van der Waals surface area contributed by atoms with Gasteiger partial charge in [-0.05, 0) is 36.1 Å². The van der Waals surface area contributed by atoms with Gasteiger partial charge in [0.05, 0.1) is 13.2 Å². The number of benzene rings is 2. The minimum Gasteiger partial charge on any atom is -0.370 e. The second-order valence-corrected chi connectivity index (χ2v) is 8.68. The third kappa shape index (κ3) is 5.20. The van der Waals surface area contributed by atoms with Crippen LogP contribution in [0.15, 0.2) is 54.6 Å². The third-order valence-corrected chi connectivity index (χ3v) is 6.36. The van der Waals surface area contributed by atoms with Gasteiger partial charge in [-0.15, -0.1) is 0 Å². The molecule has 6 nitrogen and oxygen atoms in total. The first-order valence-corrected chi connectivity index (χ1v) is 11.2. The maximum absolute atomic E-state index is 13.6. The second-order valence-electron chi connectivity index (χ2n) is 8.24. The van der Waals surface area contributed by atoms with Crippen LogP contribution in [0.25, 0.3) is 0 Å². The molecular formula is C24H28ClN3O3. The van der Waals surface area contributed by atoms with E-state index in [-0.39, 0.29) is 18.0 Å². The Kier molecular flexibility index (Phi) is 6.78. The molecule has 0 bridgehead atoms. The number of amides is 3. The molecule has 1 atom stereocenters. The molecular weight excluding hydrogens is 414 g/mol. The van der Waals surface area contributed by atoms with Gasteiger partial charge in [0.2, 0.25) is 5.91 Å². The predicted molar refractivity (Wildman–Crippen MR) is 120 cm³/mol. The fourth-order valence-electron chi connectivity index (χ4n) is 4.43. The number of nitrogens with zero attached hydrogens (tertiary/aromatic N) is 1. The number of carbonyl (C=O) groups is 2. The van der Waals surface area contributed by atoms with Crippen molar-refractivity contribution in [2.75, 3.05) is 19.7 Å². The lowest BCUT2D eigenvalue weighted by molar-refractivity contribution is -0.145. The van der Waals surface area contributed by atoms with Gasteiger partial charge in [0, 0.05) is 18.1 Å². The number of urea groups is 1. The lowest BCUT2D eigenvalue weighted by Crippen LogP contribution is -2.61. The summed E-state index contributed by atoms with van der Waals surface area (Å²) in [5.41, 5.74) is 1.17. The number of nitrogens with one attached hydrogen (secondary N) is 2. The van der Waals surface area contributed by atoms with E-state index in [1.807, 2.05) is 59.5 Å². The largest absolute Gasteiger partial charge is 0.370 e. The van der Waals surface area contributed by atoms with Gasteiger partial charge in [-0.3, -0.25) is 4.79 Å². The number of ether oxygens (including phenoxy) is 1. The quantitative estimate of drug-likeness (QED) is 0.735. The van der Waals surface area contributed by atoms with Gasteiger partial charge in [-0.2, -0.15) is 0 Å². The molecule has 164 valence electrons. The molecule has 4 rings (SSSR count). The molecule has 1 saturated heterocycles.